The van der Waals surface area contributed by atoms with Crippen LogP contribution in [0.1, 0.15) is 17.0 Å². The molecule has 122 valence electrons. The average Bonchev–Trinajstić information content (AvgIpc) is 2.96. The third-order valence-corrected chi connectivity index (χ3v) is 4.24. The summed E-state index contributed by atoms with van der Waals surface area (Å²) in [5, 5.41) is 8.69. The SMILES string of the molecule is Cc1cccc(Nc2nc(CC(=O)Nc3ccccc3C)cs2)n1. The van der Waals surface area contributed by atoms with Gasteiger partial charge in [-0.15, -0.1) is 11.3 Å². The van der Waals surface area contributed by atoms with Crippen LogP contribution in [0.3, 0.4) is 0 Å². The maximum atomic E-state index is 12.2. The Labute approximate surface area is 144 Å². The minimum Gasteiger partial charge on any atom is -0.326 e. The van der Waals surface area contributed by atoms with Crippen molar-refractivity contribution in [2.75, 3.05) is 10.6 Å². The Balaban J connectivity index is 1.61. The Bertz CT molecular complexity index is 859. The Morgan fingerprint density at radius 3 is 2.71 bits per heavy atom. The number of para-hydroxylation sites is 1. The number of rotatable bonds is 5. The number of thiazole rings is 1. The highest BCUT2D eigenvalue weighted by Crippen LogP contribution is 2.20. The van der Waals surface area contributed by atoms with Crippen molar-refractivity contribution in [3.63, 3.8) is 0 Å². The zero-order valence-corrected chi connectivity index (χ0v) is 14.4. The molecule has 0 saturated carbocycles. The highest BCUT2D eigenvalue weighted by molar-refractivity contribution is 7.13. The van der Waals surface area contributed by atoms with Gasteiger partial charge >= 0.3 is 0 Å². The molecule has 0 aliphatic rings. The maximum absolute atomic E-state index is 12.2. The molecule has 0 unspecified atom stereocenters. The number of aryl methyl sites for hydroxylation is 2. The highest BCUT2D eigenvalue weighted by atomic mass is 32.1. The van der Waals surface area contributed by atoms with Crippen LogP contribution in [0.5, 0.6) is 0 Å². The van der Waals surface area contributed by atoms with E-state index in [1.165, 1.54) is 11.3 Å². The van der Waals surface area contributed by atoms with E-state index in [9.17, 15) is 4.79 Å². The largest absolute Gasteiger partial charge is 0.326 e. The molecule has 3 rings (SSSR count). The zero-order valence-electron chi connectivity index (χ0n) is 13.5. The van der Waals surface area contributed by atoms with Gasteiger partial charge in [0.25, 0.3) is 0 Å². The summed E-state index contributed by atoms with van der Waals surface area (Å²) in [6.45, 7) is 3.91. The molecule has 0 radical (unpaired) electrons. The number of carbonyl (C=O) groups is 1. The van der Waals surface area contributed by atoms with Gasteiger partial charge in [-0.1, -0.05) is 24.3 Å². The first kappa shape index (κ1) is 16.1. The van der Waals surface area contributed by atoms with Crippen LogP contribution in [0.2, 0.25) is 0 Å². The molecule has 24 heavy (non-hydrogen) atoms. The van der Waals surface area contributed by atoms with Crippen molar-refractivity contribution in [2.24, 2.45) is 0 Å². The number of hydrogen-bond donors (Lipinski definition) is 2. The number of anilines is 3. The van der Waals surface area contributed by atoms with Crippen LogP contribution in [-0.4, -0.2) is 15.9 Å². The van der Waals surface area contributed by atoms with Gasteiger partial charge in [-0.2, -0.15) is 0 Å². The van der Waals surface area contributed by atoms with E-state index in [-0.39, 0.29) is 12.3 Å². The van der Waals surface area contributed by atoms with Gasteiger partial charge < -0.3 is 10.6 Å². The second-order valence-corrected chi connectivity index (χ2v) is 6.33. The van der Waals surface area contributed by atoms with E-state index in [1.54, 1.807) is 0 Å². The molecule has 2 N–H and O–H groups in total. The lowest BCUT2D eigenvalue weighted by Crippen LogP contribution is -2.15. The van der Waals surface area contributed by atoms with Gasteiger partial charge in [0.05, 0.1) is 12.1 Å². The standard InChI is InChI=1S/C18H18N4OS/c1-12-6-3-4-8-15(12)21-17(23)10-14-11-24-18(20-14)22-16-9-5-7-13(2)19-16/h3-9,11H,10H2,1-2H3,(H,21,23)(H,19,20,22). The molecule has 0 spiro atoms. The number of amides is 1. The molecule has 0 bridgehead atoms. The van der Waals surface area contributed by atoms with Crippen molar-refractivity contribution >= 4 is 33.9 Å². The van der Waals surface area contributed by atoms with Crippen LogP contribution in [0.4, 0.5) is 16.6 Å². The van der Waals surface area contributed by atoms with Crippen molar-refractivity contribution < 1.29 is 4.79 Å². The summed E-state index contributed by atoms with van der Waals surface area (Å²) in [7, 11) is 0. The summed E-state index contributed by atoms with van der Waals surface area (Å²) < 4.78 is 0. The number of carbonyl (C=O) groups excluding carboxylic acids is 1. The molecule has 1 aromatic carbocycles. The van der Waals surface area contributed by atoms with Gasteiger partial charge in [0.2, 0.25) is 5.91 Å². The smallest absolute Gasteiger partial charge is 0.230 e. The fourth-order valence-electron chi connectivity index (χ4n) is 2.24. The third kappa shape index (κ3) is 4.17. The van der Waals surface area contributed by atoms with Gasteiger partial charge in [0.1, 0.15) is 5.82 Å². The quantitative estimate of drug-likeness (QED) is 0.735. The van der Waals surface area contributed by atoms with Crippen molar-refractivity contribution in [3.05, 3.63) is 64.8 Å². The lowest BCUT2D eigenvalue weighted by Gasteiger charge is -2.06. The zero-order chi connectivity index (χ0) is 16.9. The summed E-state index contributed by atoms with van der Waals surface area (Å²) >= 11 is 1.46. The molecule has 2 heterocycles. The summed E-state index contributed by atoms with van der Waals surface area (Å²) in [6, 6.07) is 13.5. The minimum absolute atomic E-state index is 0.0742. The number of hydrogen-bond acceptors (Lipinski definition) is 5. The maximum Gasteiger partial charge on any atom is 0.230 e. The van der Waals surface area contributed by atoms with Crippen LogP contribution >= 0.6 is 11.3 Å². The van der Waals surface area contributed by atoms with Gasteiger partial charge in [0.15, 0.2) is 5.13 Å². The second kappa shape index (κ2) is 7.23. The van der Waals surface area contributed by atoms with E-state index in [4.69, 9.17) is 0 Å². The lowest BCUT2D eigenvalue weighted by molar-refractivity contribution is -0.115. The Morgan fingerprint density at radius 1 is 1.08 bits per heavy atom. The third-order valence-electron chi connectivity index (χ3n) is 3.44. The predicted molar refractivity (Wildman–Crippen MR) is 97.9 cm³/mol. The first-order valence-electron chi connectivity index (χ1n) is 7.61. The van der Waals surface area contributed by atoms with E-state index >= 15 is 0 Å². The molecular weight excluding hydrogens is 320 g/mol. The summed E-state index contributed by atoms with van der Waals surface area (Å²) in [5.41, 5.74) is 3.55. The van der Waals surface area contributed by atoms with Crippen LogP contribution in [0.15, 0.2) is 47.8 Å². The van der Waals surface area contributed by atoms with E-state index in [0.717, 1.165) is 33.6 Å². The van der Waals surface area contributed by atoms with Gasteiger partial charge in [-0.25, -0.2) is 9.97 Å². The minimum atomic E-state index is -0.0742. The van der Waals surface area contributed by atoms with Gasteiger partial charge in [-0.3, -0.25) is 4.79 Å². The molecule has 0 aliphatic heterocycles. The fourth-order valence-corrected chi connectivity index (χ4v) is 2.96. The van der Waals surface area contributed by atoms with Crippen molar-refractivity contribution in [1.29, 1.82) is 0 Å². The highest BCUT2D eigenvalue weighted by Gasteiger charge is 2.09. The molecular formula is C18H18N4OS. The average molecular weight is 338 g/mol. The Kier molecular flexibility index (Phi) is 4.86. The van der Waals surface area contributed by atoms with Crippen LogP contribution in [0.25, 0.3) is 0 Å². The van der Waals surface area contributed by atoms with Crippen LogP contribution in [0, 0.1) is 13.8 Å². The predicted octanol–water partition coefficient (Wildman–Crippen LogP) is 4.08. The molecule has 0 atom stereocenters. The topological polar surface area (TPSA) is 66.9 Å². The summed E-state index contributed by atoms with van der Waals surface area (Å²) in [5.74, 6) is 0.676. The fraction of sp³-hybridized carbons (Fsp3) is 0.167. The van der Waals surface area contributed by atoms with E-state index < -0.39 is 0 Å². The van der Waals surface area contributed by atoms with E-state index in [2.05, 4.69) is 20.6 Å². The first-order chi connectivity index (χ1) is 11.6. The normalized spacial score (nSPS) is 10.4. The van der Waals surface area contributed by atoms with Gasteiger partial charge in [-0.05, 0) is 37.6 Å². The molecule has 6 heteroatoms. The summed E-state index contributed by atoms with van der Waals surface area (Å²) in [4.78, 5) is 21.0. The number of benzene rings is 1. The van der Waals surface area contributed by atoms with Crippen molar-refractivity contribution in [1.82, 2.24) is 9.97 Å². The Hall–Kier alpha value is -2.73. The number of nitrogens with zero attached hydrogens (tertiary/aromatic N) is 2. The molecule has 0 fully saturated rings. The monoisotopic (exact) mass is 338 g/mol. The molecule has 1 amide bonds. The first-order valence-corrected chi connectivity index (χ1v) is 8.49. The molecule has 5 nitrogen and oxygen atoms in total. The Morgan fingerprint density at radius 2 is 1.92 bits per heavy atom. The number of nitrogens with one attached hydrogen (secondary N) is 2. The molecule has 0 saturated heterocycles. The molecule has 0 aliphatic carbocycles. The van der Waals surface area contributed by atoms with E-state index in [1.807, 2.05) is 61.7 Å². The molecule has 2 aromatic heterocycles. The molecule has 3 aromatic rings. The lowest BCUT2D eigenvalue weighted by atomic mass is 10.2. The number of pyridine rings is 1. The van der Waals surface area contributed by atoms with Gasteiger partial charge in [0, 0.05) is 16.8 Å². The second-order valence-electron chi connectivity index (χ2n) is 5.47. The summed E-state index contributed by atoms with van der Waals surface area (Å²) in [6.07, 6.45) is 0.244. The van der Waals surface area contributed by atoms with E-state index in [0.29, 0.717) is 0 Å². The van der Waals surface area contributed by atoms with Crippen molar-refractivity contribution in [3.8, 4) is 0 Å². The number of aromatic nitrogens is 2. The van der Waals surface area contributed by atoms with Crippen LogP contribution < -0.4 is 10.6 Å². The van der Waals surface area contributed by atoms with Crippen molar-refractivity contribution in [2.45, 2.75) is 20.3 Å². The van der Waals surface area contributed by atoms with Crippen LogP contribution in [-0.2, 0) is 11.2 Å².